The van der Waals surface area contributed by atoms with Crippen molar-refractivity contribution in [1.29, 1.82) is 0 Å². The molecular formula is C20H17Cl2N3O3S. The number of methoxy groups -OCH3 is 1. The SMILES string of the molecule is COCCNC(=O)c1ccc(NC(=O)c2csc(-c3ccc(Cl)cc3)n2)cc1Cl. The first kappa shape index (κ1) is 21.3. The summed E-state index contributed by atoms with van der Waals surface area (Å²) in [4.78, 5) is 29.0. The molecule has 0 spiro atoms. The van der Waals surface area contributed by atoms with Crippen LogP contribution < -0.4 is 10.6 Å². The van der Waals surface area contributed by atoms with Crippen LogP contribution in [0.2, 0.25) is 10.0 Å². The summed E-state index contributed by atoms with van der Waals surface area (Å²) in [5, 5.41) is 8.70. The first-order valence-corrected chi connectivity index (χ1v) is 10.2. The molecule has 0 bridgehead atoms. The molecule has 2 N–H and O–H groups in total. The number of ether oxygens (including phenoxy) is 1. The van der Waals surface area contributed by atoms with Crippen LogP contribution in [0, 0.1) is 0 Å². The van der Waals surface area contributed by atoms with Gasteiger partial charge in [-0.3, -0.25) is 9.59 Å². The molecule has 0 aliphatic rings. The second-order valence-corrected chi connectivity index (χ2v) is 7.64. The van der Waals surface area contributed by atoms with Gasteiger partial charge in [0.2, 0.25) is 0 Å². The molecule has 0 saturated carbocycles. The van der Waals surface area contributed by atoms with Gasteiger partial charge in [0.15, 0.2) is 0 Å². The minimum atomic E-state index is -0.366. The Labute approximate surface area is 181 Å². The normalized spacial score (nSPS) is 10.6. The number of nitrogens with zero attached hydrogens (tertiary/aromatic N) is 1. The second-order valence-electron chi connectivity index (χ2n) is 5.94. The van der Waals surface area contributed by atoms with Crippen LogP contribution in [0.5, 0.6) is 0 Å². The van der Waals surface area contributed by atoms with Crippen molar-refractivity contribution in [2.24, 2.45) is 0 Å². The number of aromatic nitrogens is 1. The summed E-state index contributed by atoms with van der Waals surface area (Å²) in [7, 11) is 1.55. The van der Waals surface area contributed by atoms with Gasteiger partial charge in [-0.1, -0.05) is 35.3 Å². The lowest BCUT2D eigenvalue weighted by Crippen LogP contribution is -2.27. The lowest BCUT2D eigenvalue weighted by molar-refractivity contribution is 0.0936. The van der Waals surface area contributed by atoms with Gasteiger partial charge in [0.05, 0.1) is 17.2 Å². The molecule has 2 amide bonds. The summed E-state index contributed by atoms with van der Waals surface area (Å²) in [5.41, 5.74) is 1.96. The number of nitrogens with one attached hydrogen (secondary N) is 2. The van der Waals surface area contributed by atoms with Crippen molar-refractivity contribution in [1.82, 2.24) is 10.3 Å². The molecular weight excluding hydrogens is 433 g/mol. The molecule has 2 aromatic carbocycles. The number of carbonyl (C=O) groups is 2. The van der Waals surface area contributed by atoms with Crippen molar-refractivity contribution < 1.29 is 14.3 Å². The van der Waals surface area contributed by atoms with Crippen LogP contribution in [0.4, 0.5) is 5.69 Å². The molecule has 150 valence electrons. The van der Waals surface area contributed by atoms with Gasteiger partial charge in [0.1, 0.15) is 10.7 Å². The third kappa shape index (κ3) is 5.55. The summed E-state index contributed by atoms with van der Waals surface area (Å²) in [6, 6.07) is 11.9. The van der Waals surface area contributed by atoms with Gasteiger partial charge < -0.3 is 15.4 Å². The zero-order chi connectivity index (χ0) is 20.8. The van der Waals surface area contributed by atoms with E-state index < -0.39 is 0 Å². The molecule has 29 heavy (non-hydrogen) atoms. The molecule has 0 unspecified atom stereocenters. The van der Waals surface area contributed by atoms with E-state index >= 15 is 0 Å². The minimum Gasteiger partial charge on any atom is -0.383 e. The fourth-order valence-electron chi connectivity index (χ4n) is 2.44. The Morgan fingerprint density at radius 2 is 1.86 bits per heavy atom. The van der Waals surface area contributed by atoms with Crippen molar-refractivity contribution in [3.05, 3.63) is 69.1 Å². The Kier molecular flexibility index (Phi) is 7.22. The summed E-state index contributed by atoms with van der Waals surface area (Å²) >= 11 is 13.5. The van der Waals surface area contributed by atoms with Crippen LogP contribution in [0.1, 0.15) is 20.8 Å². The fourth-order valence-corrected chi connectivity index (χ4v) is 3.64. The van der Waals surface area contributed by atoms with Crippen molar-refractivity contribution in [3.63, 3.8) is 0 Å². The molecule has 1 aromatic heterocycles. The van der Waals surface area contributed by atoms with Gasteiger partial charge in [0, 0.05) is 35.3 Å². The summed E-state index contributed by atoms with van der Waals surface area (Å²) in [6.07, 6.45) is 0. The van der Waals surface area contributed by atoms with Crippen LogP contribution >= 0.6 is 34.5 Å². The molecule has 3 rings (SSSR count). The number of benzene rings is 2. The van der Waals surface area contributed by atoms with Gasteiger partial charge in [-0.05, 0) is 30.3 Å². The lowest BCUT2D eigenvalue weighted by atomic mass is 10.2. The van der Waals surface area contributed by atoms with Crippen LogP contribution in [-0.2, 0) is 4.74 Å². The van der Waals surface area contributed by atoms with Crippen molar-refractivity contribution in [2.75, 3.05) is 25.6 Å². The molecule has 0 atom stereocenters. The largest absolute Gasteiger partial charge is 0.383 e. The van der Waals surface area contributed by atoms with E-state index in [0.29, 0.717) is 34.4 Å². The monoisotopic (exact) mass is 449 g/mol. The third-order valence-electron chi connectivity index (χ3n) is 3.89. The molecule has 6 nitrogen and oxygen atoms in total. The van der Waals surface area contributed by atoms with Gasteiger partial charge in [-0.15, -0.1) is 11.3 Å². The first-order chi connectivity index (χ1) is 14.0. The zero-order valence-electron chi connectivity index (χ0n) is 15.4. The predicted octanol–water partition coefficient (Wildman–Crippen LogP) is 4.75. The van der Waals surface area contributed by atoms with E-state index in [1.54, 1.807) is 36.8 Å². The maximum atomic E-state index is 12.5. The molecule has 9 heteroatoms. The maximum absolute atomic E-state index is 12.5. The number of thiazole rings is 1. The first-order valence-electron chi connectivity index (χ1n) is 8.57. The van der Waals surface area contributed by atoms with E-state index in [1.165, 1.54) is 17.4 Å². The van der Waals surface area contributed by atoms with Crippen LogP contribution in [-0.4, -0.2) is 37.1 Å². The van der Waals surface area contributed by atoms with E-state index in [1.807, 2.05) is 12.1 Å². The second kappa shape index (κ2) is 9.84. The molecule has 0 aliphatic heterocycles. The van der Waals surface area contributed by atoms with Crippen LogP contribution in [0.3, 0.4) is 0 Å². The van der Waals surface area contributed by atoms with Crippen LogP contribution in [0.25, 0.3) is 10.6 Å². The Balaban J connectivity index is 1.67. The van der Waals surface area contributed by atoms with E-state index in [-0.39, 0.29) is 22.5 Å². The Bertz CT molecular complexity index is 1020. The number of halogens is 2. The number of amides is 2. The average molecular weight is 450 g/mol. The number of rotatable bonds is 7. The summed E-state index contributed by atoms with van der Waals surface area (Å²) in [5.74, 6) is -0.674. The standard InChI is InChI=1S/C20H17Cl2N3O3S/c1-28-9-8-23-18(26)15-7-6-14(10-16(15)22)24-19(27)17-11-29-20(25-17)12-2-4-13(21)5-3-12/h2-7,10-11H,8-9H2,1H3,(H,23,26)(H,24,27). The Hall–Kier alpha value is -2.45. The predicted molar refractivity (Wildman–Crippen MR) is 116 cm³/mol. The summed E-state index contributed by atoms with van der Waals surface area (Å²) < 4.78 is 4.89. The topological polar surface area (TPSA) is 80.3 Å². The van der Waals surface area contributed by atoms with Crippen molar-refractivity contribution in [3.8, 4) is 10.6 Å². The number of carbonyl (C=O) groups excluding carboxylic acids is 2. The lowest BCUT2D eigenvalue weighted by Gasteiger charge is -2.09. The molecule has 3 aromatic rings. The van der Waals surface area contributed by atoms with Crippen LogP contribution in [0.15, 0.2) is 47.8 Å². The van der Waals surface area contributed by atoms with Gasteiger partial charge in [-0.25, -0.2) is 4.98 Å². The fraction of sp³-hybridized carbons (Fsp3) is 0.150. The molecule has 1 heterocycles. The Morgan fingerprint density at radius 3 is 2.55 bits per heavy atom. The number of hydrogen-bond acceptors (Lipinski definition) is 5. The minimum absolute atomic E-state index is 0.234. The highest BCUT2D eigenvalue weighted by atomic mass is 35.5. The van der Waals surface area contributed by atoms with Crippen molar-refractivity contribution in [2.45, 2.75) is 0 Å². The molecule has 0 fully saturated rings. The highest BCUT2D eigenvalue weighted by Gasteiger charge is 2.15. The third-order valence-corrected chi connectivity index (χ3v) is 5.35. The molecule has 0 saturated heterocycles. The quantitative estimate of drug-likeness (QED) is 0.510. The van der Waals surface area contributed by atoms with E-state index in [9.17, 15) is 9.59 Å². The molecule has 0 radical (unpaired) electrons. The zero-order valence-corrected chi connectivity index (χ0v) is 17.7. The number of anilines is 1. The van der Waals surface area contributed by atoms with Crippen molar-refractivity contribution >= 4 is 52.0 Å². The average Bonchev–Trinajstić information content (AvgIpc) is 3.19. The van der Waals surface area contributed by atoms with Gasteiger partial charge in [0.25, 0.3) is 11.8 Å². The highest BCUT2D eigenvalue weighted by Crippen LogP contribution is 2.26. The van der Waals surface area contributed by atoms with Gasteiger partial charge >= 0.3 is 0 Å². The molecule has 0 aliphatic carbocycles. The smallest absolute Gasteiger partial charge is 0.275 e. The maximum Gasteiger partial charge on any atom is 0.275 e. The van der Waals surface area contributed by atoms with E-state index in [0.717, 1.165) is 5.56 Å². The summed E-state index contributed by atoms with van der Waals surface area (Å²) in [6.45, 7) is 0.785. The van der Waals surface area contributed by atoms with Gasteiger partial charge in [-0.2, -0.15) is 0 Å². The van der Waals surface area contributed by atoms with E-state index in [4.69, 9.17) is 27.9 Å². The number of hydrogen-bond donors (Lipinski definition) is 2. The highest BCUT2D eigenvalue weighted by molar-refractivity contribution is 7.13. The van der Waals surface area contributed by atoms with E-state index in [2.05, 4.69) is 15.6 Å². The Morgan fingerprint density at radius 1 is 1.10 bits per heavy atom.